The van der Waals surface area contributed by atoms with E-state index in [0.717, 1.165) is 0 Å². The van der Waals surface area contributed by atoms with Crippen LogP contribution in [0.15, 0.2) is 30.3 Å². The first-order valence-electron chi connectivity index (χ1n) is 4.75. The van der Waals surface area contributed by atoms with Crippen LogP contribution in [0.1, 0.15) is 19.4 Å². The van der Waals surface area contributed by atoms with Gasteiger partial charge in [0.2, 0.25) is 0 Å². The predicted molar refractivity (Wildman–Crippen MR) is 58.0 cm³/mol. The van der Waals surface area contributed by atoms with Crippen molar-refractivity contribution in [3.05, 3.63) is 35.9 Å². The molecule has 0 amide bonds. The van der Waals surface area contributed by atoms with Gasteiger partial charge in [-0.25, -0.2) is 0 Å². The molecule has 0 saturated carbocycles. The molecule has 0 spiro atoms. The first-order chi connectivity index (χ1) is 6.43. The standard InChI is InChI=1S/C9H11BO.C2H6/c10-6-7-11-8-9-4-2-1-3-5-9;1-2/h1-5H,6-8H2;1-2H3. The summed E-state index contributed by atoms with van der Waals surface area (Å²) in [6, 6.07) is 10.1. The molecule has 2 radical (unpaired) electrons. The highest BCUT2D eigenvalue weighted by Gasteiger charge is 1.88. The summed E-state index contributed by atoms with van der Waals surface area (Å²) in [4.78, 5) is 0. The van der Waals surface area contributed by atoms with E-state index in [1.165, 1.54) is 5.56 Å². The second kappa shape index (κ2) is 9.33. The Kier molecular flexibility index (Phi) is 8.79. The third-order valence-electron chi connectivity index (χ3n) is 1.37. The van der Waals surface area contributed by atoms with Crippen molar-refractivity contribution in [2.45, 2.75) is 26.8 Å². The van der Waals surface area contributed by atoms with Crippen LogP contribution in [0.2, 0.25) is 6.32 Å². The molecule has 0 saturated heterocycles. The van der Waals surface area contributed by atoms with E-state index in [1.807, 2.05) is 44.2 Å². The summed E-state index contributed by atoms with van der Waals surface area (Å²) in [5.74, 6) is 0. The Balaban J connectivity index is 0.000000671. The Morgan fingerprint density at radius 1 is 1.15 bits per heavy atom. The first kappa shape index (κ1) is 12.2. The van der Waals surface area contributed by atoms with Gasteiger partial charge in [0.1, 0.15) is 0 Å². The van der Waals surface area contributed by atoms with E-state index < -0.39 is 0 Å². The molecule has 2 heteroatoms. The molecule has 0 aliphatic heterocycles. The lowest BCUT2D eigenvalue weighted by Gasteiger charge is -2.00. The largest absolute Gasteiger partial charge is 0.378 e. The molecule has 0 bridgehead atoms. The Labute approximate surface area is 82.5 Å². The molecular formula is C11H17BO. The highest BCUT2D eigenvalue weighted by Crippen LogP contribution is 1.99. The van der Waals surface area contributed by atoms with Gasteiger partial charge in [-0.3, -0.25) is 0 Å². The number of hydrogen-bond donors (Lipinski definition) is 0. The summed E-state index contributed by atoms with van der Waals surface area (Å²) in [6.07, 6.45) is 0.590. The van der Waals surface area contributed by atoms with Crippen molar-refractivity contribution in [2.75, 3.05) is 6.61 Å². The third-order valence-corrected chi connectivity index (χ3v) is 1.37. The van der Waals surface area contributed by atoms with Gasteiger partial charge in [-0.2, -0.15) is 0 Å². The average Bonchev–Trinajstić information content (AvgIpc) is 2.23. The quantitative estimate of drug-likeness (QED) is 0.506. The van der Waals surface area contributed by atoms with Crippen LogP contribution in [-0.2, 0) is 11.3 Å². The zero-order valence-electron chi connectivity index (χ0n) is 8.49. The molecule has 0 N–H and O–H groups in total. The fourth-order valence-electron chi connectivity index (χ4n) is 0.848. The molecule has 1 nitrogen and oxygen atoms in total. The van der Waals surface area contributed by atoms with E-state index in [9.17, 15) is 0 Å². The highest BCUT2D eigenvalue weighted by molar-refractivity contribution is 6.08. The summed E-state index contributed by atoms with van der Waals surface area (Å²) in [7, 11) is 5.27. The maximum atomic E-state index is 5.27. The fourth-order valence-corrected chi connectivity index (χ4v) is 0.848. The van der Waals surface area contributed by atoms with E-state index in [2.05, 4.69) is 0 Å². The Hall–Kier alpha value is -0.755. The Bertz CT molecular complexity index is 187. The van der Waals surface area contributed by atoms with E-state index in [-0.39, 0.29) is 0 Å². The van der Waals surface area contributed by atoms with Crippen molar-refractivity contribution in [2.24, 2.45) is 0 Å². The van der Waals surface area contributed by atoms with Gasteiger partial charge in [0, 0.05) is 6.61 Å². The predicted octanol–water partition coefficient (Wildman–Crippen LogP) is 2.82. The van der Waals surface area contributed by atoms with Crippen molar-refractivity contribution in [3.63, 3.8) is 0 Å². The zero-order chi connectivity index (χ0) is 9.94. The molecule has 13 heavy (non-hydrogen) atoms. The lowest BCUT2D eigenvalue weighted by atomic mass is 10.1. The van der Waals surface area contributed by atoms with Gasteiger partial charge in [0.05, 0.1) is 14.5 Å². The van der Waals surface area contributed by atoms with E-state index >= 15 is 0 Å². The monoisotopic (exact) mass is 176 g/mol. The summed E-state index contributed by atoms with van der Waals surface area (Å²) in [5, 5.41) is 0. The molecule has 0 fully saturated rings. The number of rotatable bonds is 4. The summed E-state index contributed by atoms with van der Waals surface area (Å²) in [5.41, 5.74) is 1.20. The molecule has 0 unspecified atom stereocenters. The molecule has 1 aromatic rings. The van der Waals surface area contributed by atoms with Crippen molar-refractivity contribution in [3.8, 4) is 0 Å². The van der Waals surface area contributed by atoms with Crippen LogP contribution in [0.25, 0.3) is 0 Å². The molecule has 1 rings (SSSR count). The lowest BCUT2D eigenvalue weighted by Crippen LogP contribution is -1.93. The molecule has 0 heterocycles. The van der Waals surface area contributed by atoms with Crippen LogP contribution in [0.3, 0.4) is 0 Å². The van der Waals surface area contributed by atoms with Crippen molar-refractivity contribution >= 4 is 7.85 Å². The van der Waals surface area contributed by atoms with Gasteiger partial charge in [-0.15, -0.1) is 0 Å². The smallest absolute Gasteiger partial charge is 0.0716 e. The van der Waals surface area contributed by atoms with Gasteiger partial charge in [0.15, 0.2) is 0 Å². The van der Waals surface area contributed by atoms with E-state index in [1.54, 1.807) is 0 Å². The van der Waals surface area contributed by atoms with Crippen LogP contribution in [0.4, 0.5) is 0 Å². The van der Waals surface area contributed by atoms with Crippen LogP contribution >= 0.6 is 0 Å². The minimum atomic E-state index is 0.590. The van der Waals surface area contributed by atoms with Gasteiger partial charge in [-0.1, -0.05) is 50.5 Å². The van der Waals surface area contributed by atoms with Crippen molar-refractivity contribution in [1.29, 1.82) is 0 Å². The second-order valence-electron chi connectivity index (χ2n) is 2.33. The Morgan fingerprint density at radius 2 is 1.77 bits per heavy atom. The molecule has 0 atom stereocenters. The molecular weight excluding hydrogens is 159 g/mol. The molecule has 0 aliphatic carbocycles. The number of benzene rings is 1. The summed E-state index contributed by atoms with van der Waals surface area (Å²) in [6.45, 7) is 5.30. The lowest BCUT2D eigenvalue weighted by molar-refractivity contribution is 0.134. The molecule has 70 valence electrons. The van der Waals surface area contributed by atoms with Gasteiger partial charge in [0.25, 0.3) is 0 Å². The average molecular weight is 176 g/mol. The van der Waals surface area contributed by atoms with Gasteiger partial charge < -0.3 is 4.74 Å². The van der Waals surface area contributed by atoms with Crippen molar-refractivity contribution < 1.29 is 4.74 Å². The van der Waals surface area contributed by atoms with E-state index in [4.69, 9.17) is 12.6 Å². The zero-order valence-corrected chi connectivity index (χ0v) is 8.49. The minimum Gasteiger partial charge on any atom is -0.378 e. The minimum absolute atomic E-state index is 0.590. The van der Waals surface area contributed by atoms with Crippen molar-refractivity contribution in [1.82, 2.24) is 0 Å². The summed E-state index contributed by atoms with van der Waals surface area (Å²) >= 11 is 0. The molecule has 0 aliphatic rings. The van der Waals surface area contributed by atoms with Gasteiger partial charge in [-0.05, 0) is 5.56 Å². The maximum absolute atomic E-state index is 5.27. The van der Waals surface area contributed by atoms with Crippen LogP contribution in [-0.4, -0.2) is 14.5 Å². The topological polar surface area (TPSA) is 9.23 Å². The highest BCUT2D eigenvalue weighted by atomic mass is 16.5. The number of hydrogen-bond acceptors (Lipinski definition) is 1. The fraction of sp³-hybridized carbons (Fsp3) is 0.455. The van der Waals surface area contributed by atoms with Crippen LogP contribution in [0, 0.1) is 0 Å². The van der Waals surface area contributed by atoms with Gasteiger partial charge >= 0.3 is 0 Å². The summed E-state index contributed by atoms with van der Waals surface area (Å²) < 4.78 is 5.24. The molecule has 1 aromatic carbocycles. The Morgan fingerprint density at radius 3 is 2.31 bits per heavy atom. The maximum Gasteiger partial charge on any atom is 0.0716 e. The number of ether oxygens (including phenoxy) is 1. The van der Waals surface area contributed by atoms with Crippen LogP contribution < -0.4 is 0 Å². The third kappa shape index (κ3) is 6.41. The van der Waals surface area contributed by atoms with Crippen LogP contribution in [0.5, 0.6) is 0 Å². The SMILES string of the molecule is CC.[B]CCOCc1ccccc1. The second-order valence-corrected chi connectivity index (χ2v) is 2.33. The normalized spacial score (nSPS) is 8.77. The van der Waals surface area contributed by atoms with E-state index in [0.29, 0.717) is 19.5 Å². The molecule has 0 aromatic heterocycles. The first-order valence-corrected chi connectivity index (χ1v) is 4.75.